The van der Waals surface area contributed by atoms with E-state index in [-0.39, 0.29) is 0 Å². The van der Waals surface area contributed by atoms with Crippen LogP contribution in [0.5, 0.6) is 0 Å². The molecule has 34 heavy (non-hydrogen) atoms. The van der Waals surface area contributed by atoms with E-state index < -0.39 is 5.97 Å². The Labute approximate surface area is 231 Å². The van der Waals surface area contributed by atoms with Crippen molar-refractivity contribution in [1.82, 2.24) is 0 Å². The Morgan fingerprint density at radius 3 is 0.912 bits per heavy atom. The van der Waals surface area contributed by atoms with Crippen LogP contribution in [0.2, 0.25) is 0 Å². The van der Waals surface area contributed by atoms with Gasteiger partial charge in [-0.15, -0.1) is 0 Å². The third-order valence-electron chi connectivity index (χ3n) is 6.63. The van der Waals surface area contributed by atoms with E-state index in [4.69, 9.17) is 5.11 Å². The van der Waals surface area contributed by atoms with Crippen molar-refractivity contribution in [3.05, 3.63) is 0 Å². The van der Waals surface area contributed by atoms with E-state index in [1.54, 1.807) is 0 Å². The van der Waals surface area contributed by atoms with Crippen LogP contribution in [0.1, 0.15) is 181 Å². The Balaban J connectivity index is 0. The van der Waals surface area contributed by atoms with Crippen LogP contribution in [-0.2, 0) is 9.59 Å². The zero-order valence-corrected chi connectivity index (χ0v) is 25.6. The quantitative estimate of drug-likeness (QED) is 0.0969. The molecule has 3 nitrogen and oxygen atoms in total. The fourth-order valence-electron chi connectivity index (χ4n) is 4.33. The van der Waals surface area contributed by atoms with Crippen molar-refractivity contribution in [2.24, 2.45) is 0 Å². The molecule has 198 valence electrons. The van der Waals surface area contributed by atoms with Crippen LogP contribution in [-0.4, -0.2) is 42.0 Å². The Kier molecular flexibility index (Phi) is 35.4. The van der Waals surface area contributed by atoms with Crippen molar-refractivity contribution in [2.45, 2.75) is 181 Å². The van der Waals surface area contributed by atoms with Gasteiger partial charge in [0.2, 0.25) is 0 Å². The second-order valence-electron chi connectivity index (χ2n) is 10.4. The molecule has 0 aliphatic carbocycles. The Hall–Kier alpha value is 0.140. The van der Waals surface area contributed by atoms with E-state index >= 15 is 0 Å². The number of carboxylic acids is 1. The fourth-order valence-corrected chi connectivity index (χ4v) is 4.69. The number of carboxylic acid groups (broad SMARTS) is 1. The van der Waals surface area contributed by atoms with Crippen molar-refractivity contribution in [1.29, 1.82) is 0 Å². The molecule has 0 bridgehead atoms. The van der Waals surface area contributed by atoms with Gasteiger partial charge in [-0.25, -0.2) is 0 Å². The molecule has 0 saturated heterocycles. The molecule has 0 saturated carbocycles. The first-order valence-corrected chi connectivity index (χ1v) is 16.3. The van der Waals surface area contributed by atoms with Crippen molar-refractivity contribution >= 4 is 36.9 Å². The minimum atomic E-state index is -0.659. The molecule has 0 aromatic carbocycles. The molecule has 0 unspecified atom stereocenters. The molecule has 1 N–H and O–H groups in total. The zero-order valence-electron chi connectivity index (χ0n) is 23.6. The number of hydrogen-bond acceptors (Lipinski definition) is 2. The van der Waals surface area contributed by atoms with E-state index in [0.717, 1.165) is 53.6 Å². The summed E-state index contributed by atoms with van der Waals surface area (Å²) in [5.74, 6) is -0.659. The number of rotatable bonds is 26. The molecule has 0 amide bonds. The fraction of sp³-hybridized carbons (Fsp3) is 0.933. The van der Waals surface area contributed by atoms with Gasteiger partial charge in [0.25, 0.3) is 0 Å². The second-order valence-corrected chi connectivity index (χ2v) is 11.5. The average molecular weight is 491 g/mol. The predicted octanol–water partition coefficient (Wildman–Crippen LogP) is 9.93. The Morgan fingerprint density at radius 2 is 0.676 bits per heavy atom. The molecule has 0 atom stereocenters. The molecule has 0 fully saturated rings. The summed E-state index contributed by atoms with van der Waals surface area (Å²) in [6.07, 6.45) is 33.2. The van der Waals surface area contributed by atoms with Crippen LogP contribution in [0.4, 0.5) is 0 Å². The summed E-state index contributed by atoms with van der Waals surface area (Å²) in [6.45, 7) is 4.51. The van der Waals surface area contributed by atoms with Gasteiger partial charge in [0.1, 0.15) is 0 Å². The first-order chi connectivity index (χ1) is 16.5. The SMILES string of the molecule is CCCCCCCCCCCC(=O)O.CCCCCCCCCCCCCCCCC[C](=O)[Na]. The summed E-state index contributed by atoms with van der Waals surface area (Å²) in [5.41, 5.74) is 0. The van der Waals surface area contributed by atoms with Crippen LogP contribution >= 0.6 is 0 Å². The van der Waals surface area contributed by atoms with Gasteiger partial charge in [0.05, 0.1) is 0 Å². The van der Waals surface area contributed by atoms with Crippen molar-refractivity contribution in [2.75, 3.05) is 0 Å². The van der Waals surface area contributed by atoms with Crippen molar-refractivity contribution in [3.8, 4) is 0 Å². The van der Waals surface area contributed by atoms with Crippen LogP contribution in [0.25, 0.3) is 0 Å². The number of unbranched alkanes of at least 4 members (excludes halogenated alkanes) is 22. The van der Waals surface area contributed by atoms with Gasteiger partial charge >= 0.3 is 112 Å². The van der Waals surface area contributed by atoms with Crippen LogP contribution in [0.15, 0.2) is 0 Å². The molecule has 0 spiro atoms. The van der Waals surface area contributed by atoms with Gasteiger partial charge in [-0.2, -0.15) is 0 Å². The van der Waals surface area contributed by atoms with Gasteiger partial charge in [0.15, 0.2) is 0 Å². The predicted molar refractivity (Wildman–Crippen MR) is 150 cm³/mol. The molecule has 0 aromatic heterocycles. The number of carbonyl (C=O) groups is 2. The minimum absolute atomic E-state index is 0.343. The van der Waals surface area contributed by atoms with E-state index in [0.29, 0.717) is 9.45 Å². The molecule has 0 radical (unpaired) electrons. The van der Waals surface area contributed by atoms with E-state index in [9.17, 15) is 9.59 Å². The first kappa shape index (κ1) is 36.3. The molecular weight excluding hydrogens is 431 g/mol. The molecule has 4 heteroatoms. The van der Waals surface area contributed by atoms with Gasteiger partial charge < -0.3 is 5.11 Å². The van der Waals surface area contributed by atoms with Crippen molar-refractivity contribution < 1.29 is 14.7 Å². The molecule has 0 aliphatic rings. The van der Waals surface area contributed by atoms with E-state index in [1.165, 1.54) is 135 Å². The van der Waals surface area contributed by atoms with E-state index in [1.807, 2.05) is 0 Å². The first-order valence-electron chi connectivity index (χ1n) is 15.3. The average Bonchev–Trinajstić information content (AvgIpc) is 2.80. The molecule has 0 heterocycles. The van der Waals surface area contributed by atoms with Gasteiger partial charge in [-0.05, 0) is 6.42 Å². The number of aliphatic carboxylic acids is 1. The normalized spacial score (nSPS) is 10.7. The topological polar surface area (TPSA) is 54.4 Å². The van der Waals surface area contributed by atoms with Gasteiger partial charge in [-0.3, -0.25) is 4.79 Å². The van der Waals surface area contributed by atoms with Gasteiger partial charge in [-0.1, -0.05) is 97.3 Å². The summed E-state index contributed by atoms with van der Waals surface area (Å²) >= 11 is 0.751. The molecular formula is C30H59NaO3. The third-order valence-corrected chi connectivity index (χ3v) is 7.13. The second kappa shape index (κ2) is 33.1. The summed E-state index contributed by atoms with van der Waals surface area (Å²) in [4.78, 5) is 21.0. The molecule has 0 rings (SSSR count). The van der Waals surface area contributed by atoms with Crippen LogP contribution in [0, 0.1) is 0 Å². The third kappa shape index (κ3) is 39.4. The van der Waals surface area contributed by atoms with Crippen LogP contribution in [0.3, 0.4) is 0 Å². The van der Waals surface area contributed by atoms with Crippen molar-refractivity contribution in [3.63, 3.8) is 0 Å². The maximum atomic E-state index is 10.8. The summed E-state index contributed by atoms with van der Waals surface area (Å²) in [6, 6.07) is 0. The van der Waals surface area contributed by atoms with Gasteiger partial charge in [0, 0.05) is 6.42 Å². The zero-order chi connectivity index (χ0) is 25.5. The monoisotopic (exact) mass is 490 g/mol. The van der Waals surface area contributed by atoms with E-state index in [2.05, 4.69) is 13.8 Å². The number of carbonyl (C=O) groups excluding carboxylic acids is 1. The van der Waals surface area contributed by atoms with Crippen LogP contribution < -0.4 is 0 Å². The molecule has 0 aliphatic heterocycles. The number of hydrogen-bond donors (Lipinski definition) is 1. The Morgan fingerprint density at radius 1 is 0.441 bits per heavy atom. The maximum absolute atomic E-state index is 10.8. The summed E-state index contributed by atoms with van der Waals surface area (Å²) in [7, 11) is 0. The Bertz CT molecular complexity index is 412. The summed E-state index contributed by atoms with van der Waals surface area (Å²) in [5, 5.41) is 8.41. The molecule has 0 aromatic rings. The standard InChI is InChI=1S/C18H35O.C12H24O2.Na/c1-2-3-4-5-6-7-8-9-10-11-12-13-14-15-16-17-18-19;1-2-3-4-5-6-7-8-9-10-11-12(13)14;/h2-17H2,1H3;2-11H2,1H3,(H,13,14);. The summed E-state index contributed by atoms with van der Waals surface area (Å²) < 4.78 is 0.486.